The molecule has 0 amide bonds. The summed E-state index contributed by atoms with van der Waals surface area (Å²) in [5.41, 5.74) is 3.26. The number of benzene rings is 1. The van der Waals surface area contributed by atoms with E-state index in [9.17, 15) is 4.79 Å². The molecule has 0 saturated heterocycles. The molecule has 146 valence electrons. The van der Waals surface area contributed by atoms with Gasteiger partial charge in [0.1, 0.15) is 17.3 Å². The minimum absolute atomic E-state index is 0.189. The standard InChI is InChI=1S/C23H22N4O2/c1-16-5-10-20(29-16)15-27(2)14-17-6-8-18(9-7-17)23-25-21(12-22(28)26-23)19-4-3-11-24-13-19/h3-13H,14-15H2,1-2H3,(H,25,26,28). The third kappa shape index (κ3) is 4.67. The largest absolute Gasteiger partial charge is 0.465 e. The van der Waals surface area contributed by atoms with Crippen LogP contribution < -0.4 is 5.56 Å². The molecule has 6 nitrogen and oxygen atoms in total. The minimum atomic E-state index is -0.189. The predicted molar refractivity (Wildman–Crippen MR) is 112 cm³/mol. The van der Waals surface area contributed by atoms with Gasteiger partial charge in [-0.3, -0.25) is 14.7 Å². The maximum absolute atomic E-state index is 12.1. The lowest BCUT2D eigenvalue weighted by Gasteiger charge is -2.15. The van der Waals surface area contributed by atoms with Crippen LogP contribution in [0.3, 0.4) is 0 Å². The highest BCUT2D eigenvalue weighted by Gasteiger charge is 2.08. The first-order valence-electron chi connectivity index (χ1n) is 9.42. The van der Waals surface area contributed by atoms with Gasteiger partial charge in [-0.1, -0.05) is 24.3 Å². The van der Waals surface area contributed by atoms with Crippen LogP contribution in [0.25, 0.3) is 22.6 Å². The second-order valence-corrected chi connectivity index (χ2v) is 7.10. The third-order valence-electron chi connectivity index (χ3n) is 4.60. The average molecular weight is 386 g/mol. The Morgan fingerprint density at radius 2 is 1.86 bits per heavy atom. The van der Waals surface area contributed by atoms with Crippen molar-refractivity contribution < 1.29 is 4.42 Å². The van der Waals surface area contributed by atoms with Crippen molar-refractivity contribution in [3.05, 3.63) is 94.4 Å². The molecule has 1 aromatic carbocycles. The molecule has 0 radical (unpaired) electrons. The highest BCUT2D eigenvalue weighted by Crippen LogP contribution is 2.20. The molecule has 0 atom stereocenters. The molecular formula is C23H22N4O2. The van der Waals surface area contributed by atoms with Gasteiger partial charge in [0.25, 0.3) is 5.56 Å². The third-order valence-corrected chi connectivity index (χ3v) is 4.60. The van der Waals surface area contributed by atoms with Crippen molar-refractivity contribution in [2.75, 3.05) is 7.05 Å². The summed E-state index contributed by atoms with van der Waals surface area (Å²) in [6.07, 6.45) is 3.39. The molecule has 4 rings (SSSR count). The van der Waals surface area contributed by atoms with E-state index in [0.29, 0.717) is 11.5 Å². The predicted octanol–water partition coefficient (Wildman–Crippen LogP) is 4.03. The lowest BCUT2D eigenvalue weighted by molar-refractivity contribution is 0.285. The summed E-state index contributed by atoms with van der Waals surface area (Å²) in [6, 6.07) is 17.2. The van der Waals surface area contributed by atoms with E-state index in [4.69, 9.17) is 4.42 Å². The van der Waals surface area contributed by atoms with Crippen LogP contribution in [0.5, 0.6) is 0 Å². The zero-order valence-corrected chi connectivity index (χ0v) is 16.4. The van der Waals surface area contributed by atoms with Gasteiger partial charge < -0.3 is 9.40 Å². The molecular weight excluding hydrogens is 364 g/mol. The Kier molecular flexibility index (Phi) is 5.35. The number of pyridine rings is 1. The number of nitrogens with zero attached hydrogens (tertiary/aromatic N) is 3. The van der Waals surface area contributed by atoms with Gasteiger partial charge in [-0.2, -0.15) is 0 Å². The first-order valence-corrected chi connectivity index (χ1v) is 9.42. The molecule has 3 heterocycles. The van der Waals surface area contributed by atoms with Gasteiger partial charge in [-0.05, 0) is 43.8 Å². The second kappa shape index (κ2) is 8.24. The number of aromatic amines is 1. The Bertz CT molecular complexity index is 1150. The SMILES string of the molecule is Cc1ccc(CN(C)Cc2ccc(-c3nc(-c4cccnc4)cc(=O)[nH]3)cc2)o1. The van der Waals surface area contributed by atoms with Crippen LogP contribution in [-0.2, 0) is 13.1 Å². The number of rotatable bonds is 6. The molecule has 0 unspecified atom stereocenters. The van der Waals surface area contributed by atoms with E-state index in [0.717, 1.165) is 35.7 Å². The second-order valence-electron chi connectivity index (χ2n) is 7.10. The van der Waals surface area contributed by atoms with Gasteiger partial charge in [0.15, 0.2) is 0 Å². The summed E-state index contributed by atoms with van der Waals surface area (Å²) in [6.45, 7) is 3.49. The fourth-order valence-corrected chi connectivity index (χ4v) is 3.23. The van der Waals surface area contributed by atoms with E-state index in [1.165, 1.54) is 11.6 Å². The van der Waals surface area contributed by atoms with Crippen molar-refractivity contribution in [3.63, 3.8) is 0 Å². The maximum atomic E-state index is 12.1. The molecule has 3 aromatic heterocycles. The van der Waals surface area contributed by atoms with Gasteiger partial charge in [-0.25, -0.2) is 4.98 Å². The minimum Gasteiger partial charge on any atom is -0.465 e. The molecule has 1 N–H and O–H groups in total. The van der Waals surface area contributed by atoms with Crippen LogP contribution in [0.15, 0.2) is 76.2 Å². The van der Waals surface area contributed by atoms with Gasteiger partial charge >= 0.3 is 0 Å². The number of H-pyrrole nitrogens is 1. The fourth-order valence-electron chi connectivity index (χ4n) is 3.23. The first-order chi connectivity index (χ1) is 14.1. The van der Waals surface area contributed by atoms with Crippen LogP contribution in [0.2, 0.25) is 0 Å². The summed E-state index contributed by atoms with van der Waals surface area (Å²) in [5.74, 6) is 2.42. The number of nitrogens with one attached hydrogen (secondary N) is 1. The van der Waals surface area contributed by atoms with Crippen LogP contribution in [-0.4, -0.2) is 26.9 Å². The zero-order valence-electron chi connectivity index (χ0n) is 16.4. The molecule has 0 aliphatic carbocycles. The number of aryl methyl sites for hydroxylation is 1. The normalized spacial score (nSPS) is 11.1. The molecule has 0 bridgehead atoms. The van der Waals surface area contributed by atoms with Gasteiger partial charge in [0.05, 0.1) is 12.2 Å². The Labute approximate surface area is 168 Å². The van der Waals surface area contributed by atoms with E-state index in [-0.39, 0.29) is 5.56 Å². The Hall–Kier alpha value is -3.51. The fraction of sp³-hybridized carbons (Fsp3) is 0.174. The maximum Gasteiger partial charge on any atom is 0.251 e. The van der Waals surface area contributed by atoms with Crippen molar-refractivity contribution >= 4 is 0 Å². The number of aromatic nitrogens is 3. The van der Waals surface area contributed by atoms with Crippen LogP contribution in [0.4, 0.5) is 0 Å². The van der Waals surface area contributed by atoms with Crippen molar-refractivity contribution in [1.29, 1.82) is 0 Å². The van der Waals surface area contributed by atoms with Crippen molar-refractivity contribution in [1.82, 2.24) is 19.9 Å². The van der Waals surface area contributed by atoms with Crippen molar-refractivity contribution in [2.24, 2.45) is 0 Å². The number of hydrogen-bond acceptors (Lipinski definition) is 5. The van der Waals surface area contributed by atoms with E-state index < -0.39 is 0 Å². The van der Waals surface area contributed by atoms with E-state index >= 15 is 0 Å². The molecule has 0 fully saturated rings. The lowest BCUT2D eigenvalue weighted by atomic mass is 10.1. The molecule has 4 aromatic rings. The van der Waals surface area contributed by atoms with E-state index in [2.05, 4.69) is 39.0 Å². The Balaban J connectivity index is 1.50. The summed E-state index contributed by atoms with van der Waals surface area (Å²) in [4.78, 5) is 25.8. The number of furan rings is 1. The number of hydrogen-bond donors (Lipinski definition) is 1. The summed E-state index contributed by atoms with van der Waals surface area (Å²) in [5, 5.41) is 0. The lowest BCUT2D eigenvalue weighted by Crippen LogP contribution is -2.16. The Morgan fingerprint density at radius 3 is 2.55 bits per heavy atom. The highest BCUT2D eigenvalue weighted by atomic mass is 16.3. The van der Waals surface area contributed by atoms with Crippen LogP contribution in [0.1, 0.15) is 17.1 Å². The van der Waals surface area contributed by atoms with Gasteiger partial charge in [0.2, 0.25) is 0 Å². The Morgan fingerprint density at radius 1 is 1.03 bits per heavy atom. The monoisotopic (exact) mass is 386 g/mol. The summed E-state index contributed by atoms with van der Waals surface area (Å²) < 4.78 is 5.64. The van der Waals surface area contributed by atoms with Gasteiger partial charge in [0, 0.05) is 36.1 Å². The summed E-state index contributed by atoms with van der Waals surface area (Å²) in [7, 11) is 2.06. The average Bonchev–Trinajstić information content (AvgIpc) is 3.13. The molecule has 0 aliphatic rings. The molecule has 0 saturated carbocycles. The van der Waals surface area contributed by atoms with Crippen LogP contribution in [0, 0.1) is 6.92 Å². The van der Waals surface area contributed by atoms with Gasteiger partial charge in [-0.15, -0.1) is 0 Å². The first kappa shape index (κ1) is 18.8. The molecule has 29 heavy (non-hydrogen) atoms. The highest BCUT2D eigenvalue weighted by molar-refractivity contribution is 5.62. The molecule has 0 aliphatic heterocycles. The zero-order chi connectivity index (χ0) is 20.2. The van der Waals surface area contributed by atoms with Crippen LogP contribution >= 0.6 is 0 Å². The van der Waals surface area contributed by atoms with Crippen molar-refractivity contribution in [2.45, 2.75) is 20.0 Å². The smallest absolute Gasteiger partial charge is 0.251 e. The summed E-state index contributed by atoms with van der Waals surface area (Å²) >= 11 is 0. The quantitative estimate of drug-likeness (QED) is 0.541. The van der Waals surface area contributed by atoms with E-state index in [1.54, 1.807) is 12.4 Å². The topological polar surface area (TPSA) is 75.0 Å². The van der Waals surface area contributed by atoms with E-state index in [1.807, 2.05) is 43.3 Å². The van der Waals surface area contributed by atoms with Crippen molar-refractivity contribution in [3.8, 4) is 22.6 Å². The molecule has 0 spiro atoms. The molecule has 6 heteroatoms.